The smallest absolute Gasteiger partial charge is 0.205 e. The number of methoxy groups -OCH3 is 3. The van der Waals surface area contributed by atoms with Crippen LogP contribution in [0.1, 0.15) is 27.6 Å². The molecule has 2 atom stereocenters. The number of ketones is 1. The minimum atomic E-state index is -1.07. The van der Waals surface area contributed by atoms with Crippen LogP contribution in [0.4, 0.5) is 0 Å². The predicted molar refractivity (Wildman–Crippen MR) is 120 cm³/mol. The van der Waals surface area contributed by atoms with Gasteiger partial charge in [-0.1, -0.05) is 36.4 Å². The van der Waals surface area contributed by atoms with Gasteiger partial charge in [-0.05, 0) is 35.4 Å². The van der Waals surface area contributed by atoms with Crippen molar-refractivity contribution in [3.63, 3.8) is 0 Å². The van der Waals surface area contributed by atoms with Gasteiger partial charge in [0.2, 0.25) is 11.5 Å². The number of epoxide rings is 1. The van der Waals surface area contributed by atoms with Gasteiger partial charge in [-0.25, -0.2) is 0 Å². The largest absolute Gasteiger partial charge is 0.493 e. The van der Waals surface area contributed by atoms with E-state index < -0.39 is 11.7 Å². The normalized spacial score (nSPS) is 20.6. The third kappa shape index (κ3) is 3.54. The van der Waals surface area contributed by atoms with Crippen LogP contribution < -0.4 is 23.7 Å². The van der Waals surface area contributed by atoms with E-state index in [1.165, 1.54) is 0 Å². The van der Waals surface area contributed by atoms with Crippen LogP contribution in [0.5, 0.6) is 28.7 Å². The highest BCUT2D eigenvalue weighted by Gasteiger charge is 2.66. The first-order valence-electron chi connectivity index (χ1n) is 10.6. The van der Waals surface area contributed by atoms with Gasteiger partial charge in [-0.15, -0.1) is 0 Å². The number of rotatable bonds is 7. The van der Waals surface area contributed by atoms with Gasteiger partial charge < -0.3 is 28.4 Å². The molecule has 2 heterocycles. The summed E-state index contributed by atoms with van der Waals surface area (Å²) < 4.78 is 34.2. The fourth-order valence-corrected chi connectivity index (χ4v) is 4.18. The predicted octanol–water partition coefficient (Wildman–Crippen LogP) is 4.38. The molecule has 170 valence electrons. The van der Waals surface area contributed by atoms with E-state index in [-0.39, 0.29) is 12.4 Å². The van der Waals surface area contributed by atoms with Crippen molar-refractivity contribution in [1.29, 1.82) is 0 Å². The topological polar surface area (TPSA) is 75.8 Å². The van der Waals surface area contributed by atoms with Gasteiger partial charge in [0, 0.05) is 0 Å². The summed E-state index contributed by atoms with van der Waals surface area (Å²) in [5.41, 5.74) is 1.16. The summed E-state index contributed by atoms with van der Waals surface area (Å²) in [6, 6.07) is 18.7. The Bertz CT molecular complexity index is 1190. The van der Waals surface area contributed by atoms with Crippen LogP contribution in [0.25, 0.3) is 0 Å². The molecule has 5 rings (SSSR count). The molecule has 2 aliphatic rings. The summed E-state index contributed by atoms with van der Waals surface area (Å²) in [5, 5.41) is 0. The Morgan fingerprint density at radius 1 is 0.909 bits per heavy atom. The lowest BCUT2D eigenvalue weighted by molar-refractivity contribution is 0.0746. The zero-order valence-corrected chi connectivity index (χ0v) is 18.6. The maximum Gasteiger partial charge on any atom is 0.205 e. The van der Waals surface area contributed by atoms with Crippen molar-refractivity contribution in [2.75, 3.05) is 27.9 Å². The molecule has 0 N–H and O–H groups in total. The van der Waals surface area contributed by atoms with Gasteiger partial charge in [0.1, 0.15) is 19.3 Å². The van der Waals surface area contributed by atoms with E-state index in [9.17, 15) is 4.79 Å². The lowest BCUT2D eigenvalue weighted by Crippen LogP contribution is -2.37. The Morgan fingerprint density at radius 3 is 2.36 bits per heavy atom. The van der Waals surface area contributed by atoms with Crippen molar-refractivity contribution >= 4 is 5.78 Å². The molecule has 0 radical (unpaired) electrons. The third-order valence-corrected chi connectivity index (χ3v) is 5.99. The van der Waals surface area contributed by atoms with E-state index in [1.807, 2.05) is 42.5 Å². The lowest BCUT2D eigenvalue weighted by atomic mass is 9.89. The summed E-state index contributed by atoms with van der Waals surface area (Å²) >= 11 is 0. The second-order valence-electron chi connectivity index (χ2n) is 7.87. The Hall–Kier alpha value is -3.71. The molecule has 3 aromatic rings. The SMILES string of the molecule is COc1ccc(C2OC23COc2c(ccc(OC)c2OCc2ccccc2)C3=O)cc1OC. The summed E-state index contributed by atoms with van der Waals surface area (Å²) in [6.07, 6.45) is -0.436. The highest BCUT2D eigenvalue weighted by Crippen LogP contribution is 2.57. The average molecular weight is 448 g/mol. The number of hydrogen-bond acceptors (Lipinski definition) is 7. The van der Waals surface area contributed by atoms with Crippen LogP contribution in [-0.4, -0.2) is 39.3 Å². The highest BCUT2D eigenvalue weighted by molar-refractivity contribution is 6.08. The minimum Gasteiger partial charge on any atom is -0.493 e. The molecule has 33 heavy (non-hydrogen) atoms. The van der Waals surface area contributed by atoms with Crippen LogP contribution >= 0.6 is 0 Å². The molecule has 2 aliphatic heterocycles. The second kappa shape index (κ2) is 8.33. The van der Waals surface area contributed by atoms with E-state index in [0.29, 0.717) is 40.9 Å². The highest BCUT2D eigenvalue weighted by atomic mass is 16.6. The van der Waals surface area contributed by atoms with Crippen molar-refractivity contribution in [2.45, 2.75) is 18.3 Å². The number of carbonyl (C=O) groups is 1. The molecule has 7 nitrogen and oxygen atoms in total. The van der Waals surface area contributed by atoms with Crippen molar-refractivity contribution in [3.8, 4) is 28.7 Å². The molecule has 0 amide bonds. The van der Waals surface area contributed by atoms with Crippen molar-refractivity contribution in [3.05, 3.63) is 77.4 Å². The Balaban J connectivity index is 1.43. The first kappa shape index (κ1) is 21.2. The minimum absolute atomic E-state index is 0.0761. The van der Waals surface area contributed by atoms with Crippen LogP contribution in [0.2, 0.25) is 0 Å². The average Bonchev–Trinajstić information content (AvgIpc) is 3.60. The van der Waals surface area contributed by atoms with E-state index in [4.69, 9.17) is 28.4 Å². The number of carbonyl (C=O) groups excluding carboxylic acids is 1. The number of hydrogen-bond donors (Lipinski definition) is 0. The Kier molecular flexibility index (Phi) is 5.34. The van der Waals surface area contributed by atoms with Crippen LogP contribution in [0.3, 0.4) is 0 Å². The fourth-order valence-electron chi connectivity index (χ4n) is 4.18. The van der Waals surface area contributed by atoms with E-state index in [1.54, 1.807) is 39.5 Å². The van der Waals surface area contributed by atoms with Crippen molar-refractivity contribution < 1.29 is 33.2 Å². The van der Waals surface area contributed by atoms with Gasteiger partial charge in [-0.3, -0.25) is 4.79 Å². The molecular weight excluding hydrogens is 424 g/mol. The van der Waals surface area contributed by atoms with Crippen molar-refractivity contribution in [1.82, 2.24) is 0 Å². The maximum absolute atomic E-state index is 13.5. The zero-order valence-electron chi connectivity index (χ0n) is 18.6. The molecule has 0 aliphatic carbocycles. The van der Waals surface area contributed by atoms with E-state index in [0.717, 1.165) is 11.1 Å². The Labute approximate surface area is 191 Å². The van der Waals surface area contributed by atoms with Gasteiger partial charge in [-0.2, -0.15) is 0 Å². The maximum atomic E-state index is 13.5. The molecule has 2 unspecified atom stereocenters. The first-order valence-corrected chi connectivity index (χ1v) is 10.6. The van der Waals surface area contributed by atoms with Crippen LogP contribution in [-0.2, 0) is 11.3 Å². The molecule has 0 aromatic heterocycles. The molecule has 0 saturated carbocycles. The molecule has 7 heteroatoms. The second-order valence-corrected chi connectivity index (χ2v) is 7.87. The zero-order chi connectivity index (χ0) is 23.0. The third-order valence-electron chi connectivity index (χ3n) is 5.99. The molecule has 3 aromatic carbocycles. The summed E-state index contributed by atoms with van der Waals surface area (Å²) in [4.78, 5) is 13.5. The monoisotopic (exact) mass is 448 g/mol. The first-order chi connectivity index (χ1) is 16.1. The van der Waals surface area contributed by atoms with E-state index >= 15 is 0 Å². The van der Waals surface area contributed by atoms with Gasteiger partial charge in [0.15, 0.2) is 28.6 Å². The molecule has 1 saturated heterocycles. The van der Waals surface area contributed by atoms with Crippen LogP contribution in [0.15, 0.2) is 60.7 Å². The molecule has 0 bridgehead atoms. The van der Waals surface area contributed by atoms with Gasteiger partial charge in [0.25, 0.3) is 0 Å². The number of benzene rings is 3. The molecular formula is C26H24O7. The lowest BCUT2D eigenvalue weighted by Gasteiger charge is -2.25. The van der Waals surface area contributed by atoms with Crippen molar-refractivity contribution in [2.24, 2.45) is 0 Å². The van der Waals surface area contributed by atoms with Crippen LogP contribution in [0, 0.1) is 0 Å². The molecule has 1 spiro atoms. The summed E-state index contributed by atoms with van der Waals surface area (Å²) in [5.74, 6) is 2.33. The number of ether oxygens (including phenoxy) is 6. The van der Waals surface area contributed by atoms with Gasteiger partial charge >= 0.3 is 0 Å². The standard InChI is InChI=1S/C26H24O7/c1-28-19-11-9-17(13-21(19)30-3)25-26(33-25)15-32-22-18(24(26)27)10-12-20(29-2)23(22)31-14-16-7-5-4-6-8-16/h4-13,25H,14-15H2,1-3H3. The molecule has 1 fully saturated rings. The number of fused-ring (bicyclic) bond motifs is 1. The summed E-state index contributed by atoms with van der Waals surface area (Å²) in [6.45, 7) is 0.397. The Morgan fingerprint density at radius 2 is 1.64 bits per heavy atom. The fraction of sp³-hybridized carbons (Fsp3) is 0.269. The summed E-state index contributed by atoms with van der Waals surface area (Å²) in [7, 11) is 4.70. The van der Waals surface area contributed by atoms with Gasteiger partial charge in [0.05, 0.1) is 26.9 Å². The number of Topliss-reactive ketones (excluding diaryl/α,β-unsaturated/α-hetero) is 1. The van der Waals surface area contributed by atoms with E-state index in [2.05, 4.69) is 0 Å². The quantitative estimate of drug-likeness (QED) is 0.497.